The van der Waals surface area contributed by atoms with E-state index in [-0.39, 0.29) is 46.9 Å². The molecule has 0 bridgehead atoms. The van der Waals surface area contributed by atoms with Crippen LogP contribution < -0.4 is 15.3 Å². The highest BCUT2D eigenvalue weighted by Gasteiger charge is 2.35. The second-order valence-electron chi connectivity index (χ2n) is 11.8. The van der Waals surface area contributed by atoms with Gasteiger partial charge in [0.25, 0.3) is 0 Å². The second kappa shape index (κ2) is 11.4. The van der Waals surface area contributed by atoms with Crippen molar-refractivity contribution in [2.75, 3.05) is 24.5 Å². The Morgan fingerprint density at radius 2 is 1.82 bits per heavy atom. The molecule has 0 radical (unpaired) electrons. The molecular formula is C31H33F3N6O4. The predicted molar refractivity (Wildman–Crippen MR) is 158 cm³/mol. The molecule has 13 heteroatoms. The molecule has 0 unspecified atom stereocenters. The highest BCUT2D eigenvalue weighted by atomic mass is 19.1. The summed E-state index contributed by atoms with van der Waals surface area (Å²) in [5.41, 5.74) is -2.40. The van der Waals surface area contributed by atoms with E-state index in [1.807, 2.05) is 6.92 Å². The number of benzene rings is 1. The van der Waals surface area contributed by atoms with Crippen molar-refractivity contribution in [2.45, 2.75) is 59.6 Å². The first-order chi connectivity index (χ1) is 20.7. The molecule has 0 saturated carbocycles. The lowest BCUT2D eigenvalue weighted by Crippen LogP contribution is -2.55. The fourth-order valence-corrected chi connectivity index (χ4v) is 5.54. The quantitative estimate of drug-likeness (QED) is 0.241. The van der Waals surface area contributed by atoms with Gasteiger partial charge >= 0.3 is 17.4 Å². The number of aromatic nitrogens is 4. The van der Waals surface area contributed by atoms with Gasteiger partial charge in [-0.3, -0.25) is 4.98 Å². The molecule has 1 aromatic carbocycles. The number of carbonyl (C=O) groups is 1. The van der Waals surface area contributed by atoms with E-state index in [1.54, 1.807) is 51.8 Å². The maximum Gasteiger partial charge on any atom is 0.442 e. The van der Waals surface area contributed by atoms with Gasteiger partial charge in [0.2, 0.25) is 0 Å². The van der Waals surface area contributed by atoms with Crippen molar-refractivity contribution in [2.24, 2.45) is 0 Å². The Kier molecular flexibility index (Phi) is 8.00. The van der Waals surface area contributed by atoms with Crippen molar-refractivity contribution in [3.63, 3.8) is 0 Å². The molecule has 232 valence electrons. The summed E-state index contributed by atoms with van der Waals surface area (Å²) in [4.78, 5) is 38.5. The first-order valence-electron chi connectivity index (χ1n) is 14.3. The van der Waals surface area contributed by atoms with Gasteiger partial charge in [-0.1, -0.05) is 13.0 Å². The van der Waals surface area contributed by atoms with Crippen molar-refractivity contribution in [3.8, 4) is 16.9 Å². The van der Waals surface area contributed by atoms with E-state index >= 15 is 4.39 Å². The molecule has 1 saturated heterocycles. The van der Waals surface area contributed by atoms with Crippen molar-refractivity contribution in [1.82, 2.24) is 19.4 Å². The molecule has 3 aromatic heterocycles. The summed E-state index contributed by atoms with van der Waals surface area (Å²) in [5.74, 6) is -3.49. The summed E-state index contributed by atoms with van der Waals surface area (Å²) in [7, 11) is 0. The highest BCUT2D eigenvalue weighted by molar-refractivity contribution is 5.88. The van der Waals surface area contributed by atoms with Gasteiger partial charge in [-0.25, -0.2) is 27.5 Å². The standard InChI is InChI=1S/C31H33F3N6O4/c1-7-23-25(17(2)11-12-35-23)39-28-19(15-22(34)26(40(28)43)24-20(32)9-8-10-21(24)33)27(36-29(39)41)38-14-13-37(16-18(38)3)30(42)44-31(4,5)6/h8-12,15,18H,7,13-14,16H2,1-6H3/t18-/m0/s1. The molecule has 0 spiro atoms. The molecule has 1 amide bonds. The van der Waals surface area contributed by atoms with Crippen LogP contribution in [-0.4, -0.2) is 56.8 Å². The van der Waals surface area contributed by atoms with Gasteiger partial charge in [-0.05, 0) is 70.9 Å². The molecule has 5 rings (SSSR count). The Labute approximate surface area is 251 Å². The zero-order valence-corrected chi connectivity index (χ0v) is 25.3. The van der Waals surface area contributed by atoms with E-state index < -0.39 is 52.1 Å². The smallest absolute Gasteiger partial charge is 0.442 e. The largest absolute Gasteiger partial charge is 0.710 e. The number of aryl methyl sites for hydroxylation is 2. The SMILES string of the molecule is CCc1nccc(C)c1-n1c(=O)nc(N2CCN(C(=O)OC(C)(C)C)C[C@@H]2C)c2cc(F)c(-c3c(F)cccc3F)[n+]([O-])c21. The van der Waals surface area contributed by atoms with Crippen LogP contribution in [0.25, 0.3) is 28.0 Å². The Balaban J connectivity index is 1.77. The van der Waals surface area contributed by atoms with Gasteiger partial charge in [0.05, 0.1) is 11.3 Å². The number of hydrogen-bond donors (Lipinski definition) is 0. The Morgan fingerprint density at radius 3 is 2.43 bits per heavy atom. The number of nitrogens with zero attached hydrogens (tertiary/aromatic N) is 6. The molecule has 44 heavy (non-hydrogen) atoms. The van der Waals surface area contributed by atoms with Crippen molar-refractivity contribution >= 4 is 22.9 Å². The van der Waals surface area contributed by atoms with Crippen LogP contribution in [0.3, 0.4) is 0 Å². The minimum atomic E-state index is -1.21. The molecule has 1 fully saturated rings. The normalized spacial score (nSPS) is 15.6. The van der Waals surface area contributed by atoms with Crippen LogP contribution >= 0.6 is 0 Å². The van der Waals surface area contributed by atoms with Crippen LogP contribution in [0, 0.1) is 29.6 Å². The van der Waals surface area contributed by atoms with E-state index in [0.29, 0.717) is 17.7 Å². The number of pyridine rings is 2. The van der Waals surface area contributed by atoms with Gasteiger partial charge in [0, 0.05) is 31.9 Å². The van der Waals surface area contributed by atoms with Crippen LogP contribution in [-0.2, 0) is 11.2 Å². The van der Waals surface area contributed by atoms with Crippen LogP contribution in [0.1, 0.15) is 45.9 Å². The minimum Gasteiger partial charge on any atom is -0.710 e. The Bertz CT molecular complexity index is 1820. The topological polar surface area (TPSA) is 108 Å². The molecular weight excluding hydrogens is 577 g/mol. The molecule has 0 N–H and O–H groups in total. The molecule has 1 atom stereocenters. The minimum absolute atomic E-state index is 0.00114. The predicted octanol–water partition coefficient (Wildman–Crippen LogP) is 4.81. The monoisotopic (exact) mass is 610 g/mol. The fourth-order valence-electron chi connectivity index (χ4n) is 5.54. The lowest BCUT2D eigenvalue weighted by molar-refractivity contribution is -0.569. The lowest BCUT2D eigenvalue weighted by atomic mass is 10.1. The van der Waals surface area contributed by atoms with Gasteiger partial charge in [-0.2, -0.15) is 4.98 Å². The zero-order valence-electron chi connectivity index (χ0n) is 25.3. The molecule has 1 aliphatic heterocycles. The third kappa shape index (κ3) is 5.42. The Morgan fingerprint density at radius 1 is 1.14 bits per heavy atom. The Hall–Kier alpha value is -4.68. The van der Waals surface area contributed by atoms with E-state index in [2.05, 4.69) is 9.97 Å². The number of ether oxygens (including phenoxy) is 1. The summed E-state index contributed by atoms with van der Waals surface area (Å²) in [6, 6.07) is 5.12. The van der Waals surface area contributed by atoms with E-state index in [0.717, 1.165) is 28.8 Å². The summed E-state index contributed by atoms with van der Waals surface area (Å²) in [5, 5.41) is 14.1. The number of hydrogen-bond acceptors (Lipinski definition) is 7. The average Bonchev–Trinajstić information content (AvgIpc) is 2.94. The van der Waals surface area contributed by atoms with E-state index in [1.165, 1.54) is 4.90 Å². The van der Waals surface area contributed by atoms with E-state index in [4.69, 9.17) is 4.74 Å². The molecule has 1 aliphatic rings. The maximum atomic E-state index is 15.9. The summed E-state index contributed by atoms with van der Waals surface area (Å²) in [6.45, 7) is 11.2. The number of carbonyl (C=O) groups excluding carboxylic acids is 1. The van der Waals surface area contributed by atoms with Crippen molar-refractivity contribution in [1.29, 1.82) is 0 Å². The number of amides is 1. The van der Waals surface area contributed by atoms with E-state index in [9.17, 15) is 23.6 Å². The zero-order chi connectivity index (χ0) is 32.1. The average molecular weight is 611 g/mol. The number of fused-ring (bicyclic) bond motifs is 1. The molecule has 10 nitrogen and oxygen atoms in total. The summed E-state index contributed by atoms with van der Waals surface area (Å²) >= 11 is 0. The van der Waals surface area contributed by atoms with Crippen LogP contribution in [0.2, 0.25) is 0 Å². The second-order valence-corrected chi connectivity index (χ2v) is 11.8. The molecule has 4 aromatic rings. The van der Waals surface area contributed by atoms with Crippen molar-refractivity contribution < 1.29 is 27.4 Å². The highest BCUT2D eigenvalue weighted by Crippen LogP contribution is 2.33. The van der Waals surface area contributed by atoms with Gasteiger partial charge < -0.3 is 19.7 Å². The number of rotatable bonds is 4. The molecule has 0 aliphatic carbocycles. The maximum absolute atomic E-state index is 15.9. The summed E-state index contributed by atoms with van der Waals surface area (Å²) < 4.78 is 52.3. The van der Waals surface area contributed by atoms with Gasteiger partial charge in [-0.15, -0.1) is 4.57 Å². The third-order valence-electron chi connectivity index (χ3n) is 7.49. The van der Waals surface area contributed by atoms with Gasteiger partial charge in [0.15, 0.2) is 23.0 Å². The van der Waals surface area contributed by atoms with Crippen LogP contribution in [0.4, 0.5) is 23.8 Å². The lowest BCUT2D eigenvalue weighted by Gasteiger charge is -2.40. The number of halogens is 3. The number of anilines is 1. The first-order valence-corrected chi connectivity index (χ1v) is 14.3. The fraction of sp³-hybridized carbons (Fsp3) is 0.387. The van der Waals surface area contributed by atoms with Crippen LogP contribution in [0.5, 0.6) is 0 Å². The number of piperazine rings is 1. The first kappa shape index (κ1) is 30.8. The van der Waals surface area contributed by atoms with Gasteiger partial charge in [0.1, 0.15) is 22.6 Å². The van der Waals surface area contributed by atoms with Crippen LogP contribution in [0.15, 0.2) is 41.3 Å². The third-order valence-corrected chi connectivity index (χ3v) is 7.49. The molecule has 4 heterocycles. The van der Waals surface area contributed by atoms with Crippen molar-refractivity contribution in [3.05, 3.63) is 80.9 Å². The summed E-state index contributed by atoms with van der Waals surface area (Å²) in [6.07, 6.45) is 1.44.